The number of hydrogen-bond acceptors (Lipinski definition) is 4. The molecule has 5 heteroatoms. The van der Waals surface area contributed by atoms with Gasteiger partial charge in [-0.05, 0) is 56.2 Å². The quantitative estimate of drug-likeness (QED) is 0.583. The fourth-order valence-corrected chi connectivity index (χ4v) is 5.11. The van der Waals surface area contributed by atoms with Crippen molar-refractivity contribution in [3.8, 4) is 0 Å². The second kappa shape index (κ2) is 7.32. The molecule has 4 rings (SSSR count). The number of aryl methyl sites for hydroxylation is 3. The van der Waals surface area contributed by atoms with Gasteiger partial charge in [-0.25, -0.2) is 0 Å². The van der Waals surface area contributed by atoms with Crippen LogP contribution in [0, 0.1) is 6.92 Å². The highest BCUT2D eigenvalue weighted by Crippen LogP contribution is 2.32. The number of fused-ring (bicyclic) bond motifs is 1. The van der Waals surface area contributed by atoms with Crippen LogP contribution in [0.4, 0.5) is 0 Å². The van der Waals surface area contributed by atoms with Crippen LogP contribution in [0.1, 0.15) is 71.9 Å². The smallest absolute Gasteiger partial charge is 0.191 e. The highest BCUT2D eigenvalue weighted by Gasteiger charge is 2.22. The van der Waals surface area contributed by atoms with E-state index in [-0.39, 0.29) is 5.78 Å². The van der Waals surface area contributed by atoms with Crippen LogP contribution in [-0.2, 0) is 12.8 Å². The van der Waals surface area contributed by atoms with E-state index in [0.29, 0.717) is 11.8 Å². The summed E-state index contributed by atoms with van der Waals surface area (Å²) in [4.78, 5) is 12.6. The van der Waals surface area contributed by atoms with Crippen molar-refractivity contribution in [2.45, 2.75) is 69.5 Å². The number of ketones is 1. The van der Waals surface area contributed by atoms with E-state index >= 15 is 0 Å². The number of aromatic nitrogens is 3. The molecular weight excluding hydrogens is 330 g/mol. The normalized spacial score (nSPS) is 17.6. The molecule has 2 aromatic rings. The molecule has 1 saturated carbocycles. The molecule has 0 amide bonds. The average Bonchev–Trinajstić information content (AvgIpc) is 3.26. The SMILES string of the molecule is Cc1nnc(SCC(=O)c2ccc3c(c2)CCC3)n1C1CCCCC1. The van der Waals surface area contributed by atoms with E-state index in [9.17, 15) is 4.79 Å². The zero-order valence-electron chi connectivity index (χ0n) is 14.8. The van der Waals surface area contributed by atoms with Gasteiger partial charge in [-0.3, -0.25) is 4.79 Å². The zero-order valence-corrected chi connectivity index (χ0v) is 15.6. The number of carbonyl (C=O) groups is 1. The van der Waals surface area contributed by atoms with E-state index in [0.717, 1.165) is 29.4 Å². The Morgan fingerprint density at radius 3 is 2.76 bits per heavy atom. The van der Waals surface area contributed by atoms with Crippen LogP contribution in [0.5, 0.6) is 0 Å². The summed E-state index contributed by atoms with van der Waals surface area (Å²) in [5.74, 6) is 1.60. The Kier molecular flexibility index (Phi) is 4.93. The average molecular weight is 356 g/mol. The van der Waals surface area contributed by atoms with Gasteiger partial charge in [0, 0.05) is 11.6 Å². The number of benzene rings is 1. The largest absolute Gasteiger partial charge is 0.303 e. The van der Waals surface area contributed by atoms with Crippen molar-refractivity contribution in [3.05, 3.63) is 40.7 Å². The number of Topliss-reactive ketones (excluding diaryl/α,β-unsaturated/α-hetero) is 1. The number of carbonyl (C=O) groups excluding carboxylic acids is 1. The number of thioether (sulfide) groups is 1. The van der Waals surface area contributed by atoms with Gasteiger partial charge in [0.1, 0.15) is 5.82 Å². The molecule has 132 valence electrons. The van der Waals surface area contributed by atoms with Gasteiger partial charge >= 0.3 is 0 Å². The molecule has 0 unspecified atom stereocenters. The first-order valence-electron chi connectivity index (χ1n) is 9.41. The van der Waals surface area contributed by atoms with Gasteiger partial charge in [0.05, 0.1) is 5.75 Å². The lowest BCUT2D eigenvalue weighted by Gasteiger charge is -2.24. The third kappa shape index (κ3) is 3.52. The maximum Gasteiger partial charge on any atom is 0.191 e. The van der Waals surface area contributed by atoms with E-state index in [1.54, 1.807) is 0 Å². The standard InChI is InChI=1S/C20H25N3OS/c1-14-21-22-20(23(14)18-8-3-2-4-9-18)25-13-19(24)17-11-10-15-6-5-7-16(15)12-17/h10-12,18H,2-9,13H2,1H3. The third-order valence-corrected chi connectivity index (χ3v) is 6.47. The molecule has 0 aliphatic heterocycles. The van der Waals surface area contributed by atoms with Crippen molar-refractivity contribution in [1.82, 2.24) is 14.8 Å². The maximum atomic E-state index is 12.6. The van der Waals surface area contributed by atoms with E-state index in [2.05, 4.69) is 26.9 Å². The Bertz CT molecular complexity index is 777. The summed E-state index contributed by atoms with van der Waals surface area (Å²) in [6.45, 7) is 2.02. The van der Waals surface area contributed by atoms with Crippen molar-refractivity contribution in [2.75, 3.05) is 5.75 Å². The van der Waals surface area contributed by atoms with Gasteiger partial charge in [-0.2, -0.15) is 0 Å². The lowest BCUT2D eigenvalue weighted by Crippen LogP contribution is -2.15. The molecule has 0 radical (unpaired) electrons. The van der Waals surface area contributed by atoms with Crippen LogP contribution in [0.3, 0.4) is 0 Å². The molecule has 4 nitrogen and oxygen atoms in total. The minimum Gasteiger partial charge on any atom is -0.303 e. The summed E-state index contributed by atoms with van der Waals surface area (Å²) in [6.07, 6.45) is 9.76. The molecule has 0 N–H and O–H groups in total. The highest BCUT2D eigenvalue weighted by molar-refractivity contribution is 7.99. The second-order valence-corrected chi connectivity index (χ2v) is 8.18. The Balaban J connectivity index is 1.45. The van der Waals surface area contributed by atoms with E-state index < -0.39 is 0 Å². The molecule has 0 saturated heterocycles. The molecule has 1 heterocycles. The first-order valence-corrected chi connectivity index (χ1v) is 10.4. The molecule has 2 aliphatic carbocycles. The monoisotopic (exact) mass is 355 g/mol. The highest BCUT2D eigenvalue weighted by atomic mass is 32.2. The number of rotatable bonds is 5. The fourth-order valence-electron chi connectivity index (χ4n) is 4.17. The molecule has 0 atom stereocenters. The van der Waals surface area contributed by atoms with Gasteiger partial charge < -0.3 is 4.57 Å². The van der Waals surface area contributed by atoms with Crippen LogP contribution in [0.15, 0.2) is 23.4 Å². The Morgan fingerprint density at radius 2 is 1.92 bits per heavy atom. The molecule has 2 aliphatic rings. The molecule has 25 heavy (non-hydrogen) atoms. The lowest BCUT2D eigenvalue weighted by molar-refractivity contribution is 0.102. The van der Waals surface area contributed by atoms with Crippen LogP contribution >= 0.6 is 11.8 Å². The third-order valence-electron chi connectivity index (χ3n) is 5.53. The van der Waals surface area contributed by atoms with E-state index in [1.807, 2.05) is 13.0 Å². The first kappa shape index (κ1) is 16.8. The summed E-state index contributed by atoms with van der Waals surface area (Å²) < 4.78 is 2.26. The minimum atomic E-state index is 0.190. The van der Waals surface area contributed by atoms with Gasteiger partial charge in [0.15, 0.2) is 10.9 Å². The van der Waals surface area contributed by atoms with Crippen molar-refractivity contribution in [2.24, 2.45) is 0 Å². The van der Waals surface area contributed by atoms with E-state index in [4.69, 9.17) is 0 Å². The molecule has 0 spiro atoms. The summed E-state index contributed by atoms with van der Waals surface area (Å²) >= 11 is 1.54. The van der Waals surface area contributed by atoms with Crippen molar-refractivity contribution in [3.63, 3.8) is 0 Å². The predicted octanol–water partition coefficient (Wildman–Crippen LogP) is 4.56. The summed E-state index contributed by atoms with van der Waals surface area (Å²) in [6, 6.07) is 6.72. The fraction of sp³-hybridized carbons (Fsp3) is 0.550. The maximum absolute atomic E-state index is 12.6. The number of hydrogen-bond donors (Lipinski definition) is 0. The van der Waals surface area contributed by atoms with Crippen LogP contribution in [-0.4, -0.2) is 26.3 Å². The molecule has 1 fully saturated rings. The van der Waals surface area contributed by atoms with Crippen LogP contribution in [0.25, 0.3) is 0 Å². The summed E-state index contributed by atoms with van der Waals surface area (Å²) in [7, 11) is 0. The molecule has 1 aromatic carbocycles. The van der Waals surface area contributed by atoms with Gasteiger partial charge in [-0.15, -0.1) is 10.2 Å². The van der Waals surface area contributed by atoms with Crippen molar-refractivity contribution in [1.29, 1.82) is 0 Å². The number of nitrogens with zero attached hydrogens (tertiary/aromatic N) is 3. The molecule has 1 aromatic heterocycles. The summed E-state index contributed by atoms with van der Waals surface area (Å²) in [5, 5.41) is 9.51. The van der Waals surface area contributed by atoms with Gasteiger partial charge in [0.25, 0.3) is 0 Å². The lowest BCUT2D eigenvalue weighted by atomic mass is 9.95. The topological polar surface area (TPSA) is 47.8 Å². The summed E-state index contributed by atoms with van der Waals surface area (Å²) in [5.41, 5.74) is 3.61. The van der Waals surface area contributed by atoms with E-state index in [1.165, 1.54) is 61.4 Å². The predicted molar refractivity (Wildman–Crippen MR) is 100 cm³/mol. The molecular formula is C20H25N3OS. The van der Waals surface area contributed by atoms with Crippen LogP contribution < -0.4 is 0 Å². The van der Waals surface area contributed by atoms with Crippen molar-refractivity contribution >= 4 is 17.5 Å². The second-order valence-electron chi connectivity index (χ2n) is 7.24. The minimum absolute atomic E-state index is 0.190. The Morgan fingerprint density at radius 1 is 1.12 bits per heavy atom. The van der Waals surface area contributed by atoms with Gasteiger partial charge in [0.2, 0.25) is 0 Å². The Hall–Kier alpha value is -1.62. The Labute approximate surface area is 153 Å². The van der Waals surface area contributed by atoms with Gasteiger partial charge in [-0.1, -0.05) is 43.2 Å². The first-order chi connectivity index (χ1) is 12.2. The zero-order chi connectivity index (χ0) is 17.2. The van der Waals surface area contributed by atoms with Crippen LogP contribution in [0.2, 0.25) is 0 Å². The molecule has 0 bridgehead atoms. The van der Waals surface area contributed by atoms with Crippen molar-refractivity contribution < 1.29 is 4.79 Å².